The lowest BCUT2D eigenvalue weighted by molar-refractivity contribution is 0.150. The first-order valence-electron chi connectivity index (χ1n) is 6.19. The van der Waals surface area contributed by atoms with Crippen LogP contribution in [0.1, 0.15) is 25.5 Å². The molecule has 1 aromatic heterocycles. The maximum Gasteiger partial charge on any atom is 0.0538 e. The summed E-state index contributed by atoms with van der Waals surface area (Å²) < 4.78 is 1.85. The van der Waals surface area contributed by atoms with E-state index >= 15 is 0 Å². The standard InChI is InChI=1S/C12H22N4S/c1-9-10(2)17-5-4-16(9)12(6-13)11-7-14-15(3)8-11/h7-10,12H,4-6,13H2,1-3H3. The number of aryl methyl sites for hydroxylation is 1. The Morgan fingerprint density at radius 3 is 2.94 bits per heavy atom. The number of hydrogen-bond donors (Lipinski definition) is 1. The van der Waals surface area contributed by atoms with Crippen molar-refractivity contribution in [1.29, 1.82) is 0 Å². The Labute approximate surface area is 108 Å². The normalized spacial score (nSPS) is 28.2. The summed E-state index contributed by atoms with van der Waals surface area (Å²) in [5.41, 5.74) is 7.20. The van der Waals surface area contributed by atoms with E-state index in [9.17, 15) is 0 Å². The van der Waals surface area contributed by atoms with Crippen molar-refractivity contribution in [3.8, 4) is 0 Å². The molecule has 1 saturated heterocycles. The van der Waals surface area contributed by atoms with Crippen LogP contribution in [0.2, 0.25) is 0 Å². The molecule has 0 aromatic carbocycles. The molecule has 3 atom stereocenters. The summed E-state index contributed by atoms with van der Waals surface area (Å²) in [7, 11) is 1.95. The van der Waals surface area contributed by atoms with E-state index in [0.29, 0.717) is 23.9 Å². The van der Waals surface area contributed by atoms with Gasteiger partial charge in [0, 0.05) is 48.9 Å². The molecule has 2 heterocycles. The number of nitrogens with zero attached hydrogens (tertiary/aromatic N) is 3. The van der Waals surface area contributed by atoms with Crippen molar-refractivity contribution in [3.63, 3.8) is 0 Å². The second kappa shape index (κ2) is 5.42. The zero-order chi connectivity index (χ0) is 12.4. The van der Waals surface area contributed by atoms with E-state index < -0.39 is 0 Å². The first-order valence-corrected chi connectivity index (χ1v) is 7.24. The maximum atomic E-state index is 5.97. The van der Waals surface area contributed by atoms with E-state index in [1.54, 1.807) is 0 Å². The lowest BCUT2D eigenvalue weighted by Crippen LogP contribution is -2.48. The molecule has 0 radical (unpaired) electrons. The van der Waals surface area contributed by atoms with Gasteiger partial charge in [0.25, 0.3) is 0 Å². The van der Waals surface area contributed by atoms with E-state index in [1.807, 2.05) is 17.9 Å². The third-order valence-electron chi connectivity index (χ3n) is 3.67. The first kappa shape index (κ1) is 12.9. The SMILES string of the molecule is CC1SCCN(C(CN)c2cnn(C)c2)C1C. The van der Waals surface area contributed by atoms with Gasteiger partial charge in [0.1, 0.15) is 0 Å². The average Bonchev–Trinajstić information content (AvgIpc) is 2.72. The molecule has 0 spiro atoms. The summed E-state index contributed by atoms with van der Waals surface area (Å²) in [6.45, 7) is 6.38. The number of thioether (sulfide) groups is 1. The molecule has 0 bridgehead atoms. The molecule has 0 amide bonds. The molecular formula is C12H22N4S. The zero-order valence-corrected chi connectivity index (χ0v) is 11.7. The molecule has 1 aliphatic heterocycles. The van der Waals surface area contributed by atoms with Crippen molar-refractivity contribution in [2.75, 3.05) is 18.8 Å². The Hall–Kier alpha value is -0.520. The monoisotopic (exact) mass is 254 g/mol. The van der Waals surface area contributed by atoms with E-state index in [-0.39, 0.29) is 0 Å². The van der Waals surface area contributed by atoms with Crippen molar-refractivity contribution in [1.82, 2.24) is 14.7 Å². The fourth-order valence-electron chi connectivity index (χ4n) is 2.47. The number of nitrogens with two attached hydrogens (primary N) is 1. The lowest BCUT2D eigenvalue weighted by atomic mass is 10.1. The Kier molecular flexibility index (Phi) is 4.12. The minimum absolute atomic E-state index is 0.307. The molecule has 3 unspecified atom stereocenters. The molecule has 17 heavy (non-hydrogen) atoms. The fourth-order valence-corrected chi connectivity index (χ4v) is 3.59. The molecule has 1 aliphatic rings. The Balaban J connectivity index is 2.17. The topological polar surface area (TPSA) is 47.1 Å². The minimum Gasteiger partial charge on any atom is -0.329 e. The highest BCUT2D eigenvalue weighted by molar-refractivity contribution is 8.00. The summed E-state index contributed by atoms with van der Waals surface area (Å²) in [4.78, 5) is 2.53. The lowest BCUT2D eigenvalue weighted by Gasteiger charge is -2.42. The molecule has 2 rings (SSSR count). The van der Waals surface area contributed by atoms with Gasteiger partial charge in [-0.2, -0.15) is 16.9 Å². The summed E-state index contributed by atoms with van der Waals surface area (Å²) in [5.74, 6) is 1.20. The Morgan fingerprint density at radius 1 is 1.59 bits per heavy atom. The third-order valence-corrected chi connectivity index (χ3v) is 5.00. The van der Waals surface area contributed by atoms with Crippen LogP contribution in [0.4, 0.5) is 0 Å². The maximum absolute atomic E-state index is 5.97. The largest absolute Gasteiger partial charge is 0.329 e. The van der Waals surface area contributed by atoms with Gasteiger partial charge in [0.05, 0.1) is 12.2 Å². The van der Waals surface area contributed by atoms with E-state index in [1.165, 1.54) is 11.3 Å². The van der Waals surface area contributed by atoms with Gasteiger partial charge in [0.2, 0.25) is 0 Å². The number of aromatic nitrogens is 2. The third kappa shape index (κ3) is 2.67. The van der Waals surface area contributed by atoms with Crippen molar-refractivity contribution in [2.24, 2.45) is 12.8 Å². The molecule has 0 saturated carbocycles. The van der Waals surface area contributed by atoms with Crippen LogP contribution in [0.25, 0.3) is 0 Å². The quantitative estimate of drug-likeness (QED) is 0.882. The van der Waals surface area contributed by atoms with Crippen LogP contribution in [-0.4, -0.2) is 44.8 Å². The molecule has 96 valence electrons. The summed E-state index contributed by atoms with van der Waals surface area (Å²) in [6.07, 6.45) is 4.02. The molecular weight excluding hydrogens is 232 g/mol. The molecule has 4 nitrogen and oxygen atoms in total. The van der Waals surface area contributed by atoms with E-state index in [4.69, 9.17) is 5.73 Å². The summed E-state index contributed by atoms with van der Waals surface area (Å²) in [5, 5.41) is 4.93. The van der Waals surface area contributed by atoms with Crippen molar-refractivity contribution < 1.29 is 0 Å². The van der Waals surface area contributed by atoms with Gasteiger partial charge in [-0.25, -0.2) is 0 Å². The first-order chi connectivity index (χ1) is 8.13. The van der Waals surface area contributed by atoms with Gasteiger partial charge in [-0.1, -0.05) is 6.92 Å². The molecule has 2 N–H and O–H groups in total. The van der Waals surface area contributed by atoms with Crippen LogP contribution >= 0.6 is 11.8 Å². The van der Waals surface area contributed by atoms with Gasteiger partial charge in [0.15, 0.2) is 0 Å². The van der Waals surface area contributed by atoms with Crippen LogP contribution in [-0.2, 0) is 7.05 Å². The fraction of sp³-hybridized carbons (Fsp3) is 0.750. The number of rotatable bonds is 3. The second-order valence-electron chi connectivity index (χ2n) is 4.75. The zero-order valence-electron chi connectivity index (χ0n) is 10.8. The van der Waals surface area contributed by atoms with Crippen LogP contribution in [0, 0.1) is 0 Å². The predicted octanol–water partition coefficient (Wildman–Crippen LogP) is 1.25. The van der Waals surface area contributed by atoms with Crippen LogP contribution < -0.4 is 5.73 Å². The summed E-state index contributed by atoms with van der Waals surface area (Å²) in [6, 6.07) is 0.879. The van der Waals surface area contributed by atoms with Crippen LogP contribution in [0.15, 0.2) is 12.4 Å². The molecule has 1 aromatic rings. The van der Waals surface area contributed by atoms with Gasteiger partial charge < -0.3 is 5.73 Å². The van der Waals surface area contributed by atoms with E-state index in [2.05, 4.69) is 41.8 Å². The molecule has 0 aliphatic carbocycles. The van der Waals surface area contributed by atoms with Gasteiger partial charge in [-0.3, -0.25) is 9.58 Å². The van der Waals surface area contributed by atoms with Crippen LogP contribution in [0.3, 0.4) is 0 Å². The van der Waals surface area contributed by atoms with Crippen molar-refractivity contribution >= 4 is 11.8 Å². The molecule has 5 heteroatoms. The highest BCUT2D eigenvalue weighted by Gasteiger charge is 2.31. The van der Waals surface area contributed by atoms with Crippen molar-refractivity contribution in [2.45, 2.75) is 31.2 Å². The van der Waals surface area contributed by atoms with E-state index in [0.717, 1.165) is 6.54 Å². The minimum atomic E-state index is 0.307. The second-order valence-corrected chi connectivity index (χ2v) is 6.24. The van der Waals surface area contributed by atoms with Gasteiger partial charge in [-0.05, 0) is 6.92 Å². The Morgan fingerprint density at radius 2 is 2.35 bits per heavy atom. The smallest absolute Gasteiger partial charge is 0.0538 e. The van der Waals surface area contributed by atoms with Gasteiger partial charge >= 0.3 is 0 Å². The molecule has 1 fully saturated rings. The number of hydrogen-bond acceptors (Lipinski definition) is 4. The van der Waals surface area contributed by atoms with Gasteiger partial charge in [-0.15, -0.1) is 0 Å². The van der Waals surface area contributed by atoms with Crippen molar-refractivity contribution in [3.05, 3.63) is 18.0 Å². The van der Waals surface area contributed by atoms with Crippen LogP contribution in [0.5, 0.6) is 0 Å². The average molecular weight is 254 g/mol. The summed E-state index contributed by atoms with van der Waals surface area (Å²) >= 11 is 2.05. The highest BCUT2D eigenvalue weighted by Crippen LogP contribution is 2.31. The Bertz CT molecular complexity index is 365. The predicted molar refractivity (Wildman–Crippen MR) is 73.1 cm³/mol. The highest BCUT2D eigenvalue weighted by atomic mass is 32.2.